The number of Topliss-reactive ketones (excluding diaryl/α,β-unsaturated/α-hetero) is 1. The number of likely N-dealkylation sites (tertiary alicyclic amines) is 1. The van der Waals surface area contributed by atoms with E-state index in [0.717, 1.165) is 37.2 Å². The van der Waals surface area contributed by atoms with Crippen LogP contribution in [0, 0.1) is 0 Å². The summed E-state index contributed by atoms with van der Waals surface area (Å²) in [6.07, 6.45) is 4.69. The van der Waals surface area contributed by atoms with Gasteiger partial charge in [0.1, 0.15) is 15.8 Å². The van der Waals surface area contributed by atoms with Crippen LogP contribution in [0.2, 0.25) is 0 Å². The SMILES string of the molecule is COc1ccc(C(=O)CN2CCC(c3nnc(C4CC4)s3)CC2)cc1. The Morgan fingerprint density at radius 3 is 2.24 bits per heavy atom. The molecule has 6 heteroatoms. The minimum Gasteiger partial charge on any atom is -0.497 e. The predicted octanol–water partition coefficient (Wildman–Crippen LogP) is 3.49. The zero-order chi connectivity index (χ0) is 17.2. The number of hydrogen-bond donors (Lipinski definition) is 0. The molecule has 1 saturated heterocycles. The molecule has 5 nitrogen and oxygen atoms in total. The number of piperidine rings is 1. The lowest BCUT2D eigenvalue weighted by Gasteiger charge is -2.30. The van der Waals surface area contributed by atoms with Crippen LogP contribution in [0.25, 0.3) is 0 Å². The number of carbonyl (C=O) groups is 1. The van der Waals surface area contributed by atoms with Crippen LogP contribution in [0.4, 0.5) is 0 Å². The number of ketones is 1. The average Bonchev–Trinajstić information content (AvgIpc) is 3.39. The lowest BCUT2D eigenvalue weighted by atomic mass is 9.97. The van der Waals surface area contributed by atoms with Crippen molar-refractivity contribution in [2.24, 2.45) is 0 Å². The van der Waals surface area contributed by atoms with E-state index in [2.05, 4.69) is 15.1 Å². The highest BCUT2D eigenvalue weighted by Gasteiger charge is 2.30. The largest absolute Gasteiger partial charge is 0.497 e. The molecule has 1 aliphatic carbocycles. The zero-order valence-electron chi connectivity index (χ0n) is 14.5. The molecule has 0 radical (unpaired) electrons. The second kappa shape index (κ2) is 7.22. The predicted molar refractivity (Wildman–Crippen MR) is 97.6 cm³/mol. The molecule has 1 saturated carbocycles. The molecule has 0 atom stereocenters. The molecule has 132 valence electrons. The number of ether oxygens (including phenoxy) is 1. The Bertz CT molecular complexity index is 731. The number of rotatable bonds is 6. The number of hydrogen-bond acceptors (Lipinski definition) is 6. The van der Waals surface area contributed by atoms with Crippen molar-refractivity contribution in [1.29, 1.82) is 0 Å². The molecule has 0 unspecified atom stereocenters. The van der Waals surface area contributed by atoms with Crippen molar-refractivity contribution in [3.05, 3.63) is 39.8 Å². The van der Waals surface area contributed by atoms with Gasteiger partial charge < -0.3 is 4.74 Å². The van der Waals surface area contributed by atoms with Gasteiger partial charge in [0.05, 0.1) is 13.7 Å². The highest BCUT2D eigenvalue weighted by atomic mass is 32.1. The van der Waals surface area contributed by atoms with E-state index >= 15 is 0 Å². The van der Waals surface area contributed by atoms with Crippen molar-refractivity contribution in [1.82, 2.24) is 15.1 Å². The van der Waals surface area contributed by atoms with Crippen molar-refractivity contribution in [2.45, 2.75) is 37.5 Å². The zero-order valence-corrected chi connectivity index (χ0v) is 15.3. The van der Waals surface area contributed by atoms with Gasteiger partial charge in [0, 0.05) is 17.4 Å². The molecule has 0 N–H and O–H groups in total. The third-order valence-electron chi connectivity index (χ3n) is 5.10. The molecule has 2 aromatic rings. The van der Waals surface area contributed by atoms with E-state index in [9.17, 15) is 4.79 Å². The topological polar surface area (TPSA) is 55.3 Å². The number of benzene rings is 1. The van der Waals surface area contributed by atoms with Crippen LogP contribution in [0.1, 0.15) is 57.9 Å². The maximum atomic E-state index is 12.4. The Labute approximate surface area is 152 Å². The first-order valence-electron chi connectivity index (χ1n) is 8.96. The molecular formula is C19H23N3O2S. The standard InChI is InChI=1S/C19H23N3O2S/c1-24-16-6-4-13(5-7-16)17(23)12-22-10-8-15(9-11-22)19-21-20-18(25-19)14-2-3-14/h4-7,14-15H,2-3,8-12H2,1H3. The number of carbonyl (C=O) groups excluding carboxylic acids is 1. The van der Waals surface area contributed by atoms with Gasteiger partial charge in [-0.3, -0.25) is 9.69 Å². The van der Waals surface area contributed by atoms with E-state index in [1.165, 1.54) is 22.9 Å². The van der Waals surface area contributed by atoms with E-state index in [1.807, 2.05) is 24.3 Å². The average molecular weight is 357 g/mol. The van der Waals surface area contributed by atoms with Crippen LogP contribution < -0.4 is 4.74 Å². The van der Waals surface area contributed by atoms with Gasteiger partial charge in [-0.1, -0.05) is 0 Å². The summed E-state index contributed by atoms with van der Waals surface area (Å²) in [4.78, 5) is 14.7. The molecule has 0 spiro atoms. The van der Waals surface area contributed by atoms with Crippen LogP contribution >= 0.6 is 11.3 Å². The number of aromatic nitrogens is 2. The molecule has 2 fully saturated rings. The number of methoxy groups -OCH3 is 1. The minimum atomic E-state index is 0.174. The Morgan fingerprint density at radius 2 is 1.68 bits per heavy atom. The quantitative estimate of drug-likeness (QED) is 0.741. The molecule has 25 heavy (non-hydrogen) atoms. The minimum absolute atomic E-state index is 0.174. The fraction of sp³-hybridized carbons (Fsp3) is 0.526. The first kappa shape index (κ1) is 16.7. The van der Waals surface area contributed by atoms with Gasteiger partial charge in [-0.2, -0.15) is 0 Å². The van der Waals surface area contributed by atoms with E-state index < -0.39 is 0 Å². The van der Waals surface area contributed by atoms with Crippen molar-refractivity contribution < 1.29 is 9.53 Å². The summed E-state index contributed by atoms with van der Waals surface area (Å²) in [5, 5.41) is 11.2. The lowest BCUT2D eigenvalue weighted by molar-refractivity contribution is 0.0909. The normalized spacial score (nSPS) is 19.1. The maximum Gasteiger partial charge on any atom is 0.176 e. The van der Waals surface area contributed by atoms with Crippen LogP contribution in [-0.2, 0) is 0 Å². The first-order chi connectivity index (χ1) is 12.2. The van der Waals surface area contributed by atoms with Crippen LogP contribution in [-0.4, -0.2) is 47.6 Å². The summed E-state index contributed by atoms with van der Waals surface area (Å²) in [6.45, 7) is 2.39. The molecule has 4 rings (SSSR count). The van der Waals surface area contributed by atoms with Crippen LogP contribution in [0.5, 0.6) is 5.75 Å². The van der Waals surface area contributed by atoms with Crippen molar-refractivity contribution in [3.8, 4) is 5.75 Å². The van der Waals surface area contributed by atoms with Crippen LogP contribution in [0.15, 0.2) is 24.3 Å². The first-order valence-corrected chi connectivity index (χ1v) is 9.77. The smallest absolute Gasteiger partial charge is 0.176 e. The summed E-state index contributed by atoms with van der Waals surface area (Å²) in [7, 11) is 1.63. The summed E-state index contributed by atoms with van der Waals surface area (Å²) >= 11 is 1.81. The summed E-state index contributed by atoms with van der Waals surface area (Å²) in [5.74, 6) is 2.15. The maximum absolute atomic E-state index is 12.4. The Balaban J connectivity index is 1.29. The van der Waals surface area contributed by atoms with Gasteiger partial charge >= 0.3 is 0 Å². The van der Waals surface area contributed by atoms with Gasteiger partial charge in [-0.25, -0.2) is 0 Å². The van der Waals surface area contributed by atoms with Crippen molar-refractivity contribution >= 4 is 17.1 Å². The number of nitrogens with zero attached hydrogens (tertiary/aromatic N) is 3. The summed E-state index contributed by atoms with van der Waals surface area (Å²) in [6, 6.07) is 7.36. The third-order valence-corrected chi connectivity index (χ3v) is 6.35. The van der Waals surface area contributed by atoms with Gasteiger partial charge in [0.15, 0.2) is 5.78 Å². The van der Waals surface area contributed by atoms with Gasteiger partial charge in [-0.05, 0) is 63.0 Å². The van der Waals surface area contributed by atoms with E-state index in [-0.39, 0.29) is 5.78 Å². The second-order valence-electron chi connectivity index (χ2n) is 6.95. The lowest BCUT2D eigenvalue weighted by Crippen LogP contribution is -2.36. The fourth-order valence-corrected chi connectivity index (χ4v) is 4.50. The Hall–Kier alpha value is -1.79. The Morgan fingerprint density at radius 1 is 1.08 bits per heavy atom. The summed E-state index contributed by atoms with van der Waals surface area (Å²) < 4.78 is 5.14. The highest BCUT2D eigenvalue weighted by Crippen LogP contribution is 2.43. The van der Waals surface area contributed by atoms with Crippen molar-refractivity contribution in [3.63, 3.8) is 0 Å². The molecule has 1 aromatic heterocycles. The van der Waals surface area contributed by atoms with Gasteiger partial charge in [0.2, 0.25) is 0 Å². The van der Waals surface area contributed by atoms with Gasteiger partial charge in [-0.15, -0.1) is 21.5 Å². The molecule has 1 aliphatic heterocycles. The van der Waals surface area contributed by atoms with E-state index in [4.69, 9.17) is 4.74 Å². The monoisotopic (exact) mass is 357 g/mol. The van der Waals surface area contributed by atoms with Gasteiger partial charge in [0.25, 0.3) is 0 Å². The fourth-order valence-electron chi connectivity index (χ4n) is 3.32. The van der Waals surface area contributed by atoms with E-state index in [1.54, 1.807) is 18.4 Å². The van der Waals surface area contributed by atoms with E-state index in [0.29, 0.717) is 18.4 Å². The summed E-state index contributed by atoms with van der Waals surface area (Å²) in [5.41, 5.74) is 0.751. The van der Waals surface area contributed by atoms with Crippen molar-refractivity contribution in [2.75, 3.05) is 26.7 Å². The molecule has 0 bridgehead atoms. The highest BCUT2D eigenvalue weighted by molar-refractivity contribution is 7.11. The molecule has 1 aromatic carbocycles. The third kappa shape index (κ3) is 3.90. The molecule has 2 heterocycles. The van der Waals surface area contributed by atoms with Crippen LogP contribution in [0.3, 0.4) is 0 Å². The molecular weight excluding hydrogens is 334 g/mol. The molecule has 2 aliphatic rings. The Kier molecular flexibility index (Phi) is 4.81. The second-order valence-corrected chi connectivity index (χ2v) is 8.00. The molecule has 0 amide bonds.